The van der Waals surface area contributed by atoms with Crippen molar-refractivity contribution < 1.29 is 9.53 Å². The van der Waals surface area contributed by atoms with Crippen molar-refractivity contribution in [1.82, 2.24) is 19.9 Å². The van der Waals surface area contributed by atoms with Crippen LogP contribution < -0.4 is 10.1 Å². The molecule has 1 atom stereocenters. The van der Waals surface area contributed by atoms with Gasteiger partial charge in [-0.1, -0.05) is 24.3 Å². The van der Waals surface area contributed by atoms with Crippen LogP contribution in [0.25, 0.3) is 0 Å². The van der Waals surface area contributed by atoms with E-state index in [0.29, 0.717) is 24.1 Å². The van der Waals surface area contributed by atoms with Gasteiger partial charge in [0, 0.05) is 31.4 Å². The highest BCUT2D eigenvalue weighted by Crippen LogP contribution is 2.26. The lowest BCUT2D eigenvalue weighted by Gasteiger charge is -2.32. The van der Waals surface area contributed by atoms with Gasteiger partial charge in [0.15, 0.2) is 6.61 Å². The number of benzene rings is 1. The fourth-order valence-corrected chi connectivity index (χ4v) is 3.51. The van der Waals surface area contributed by atoms with Crippen LogP contribution in [0, 0.1) is 6.92 Å². The molecule has 1 amide bonds. The number of aryl methyl sites for hydroxylation is 1. The SMILES string of the molecule is Cc1ccc(Nc2nccc([C@@H]3CCCN(C(=O)COc4ccccc4)C3)n2)nc1. The first-order valence-corrected chi connectivity index (χ1v) is 10.2. The second-order valence-corrected chi connectivity index (χ2v) is 7.43. The van der Waals surface area contributed by atoms with E-state index in [1.54, 1.807) is 12.4 Å². The largest absolute Gasteiger partial charge is 0.484 e. The summed E-state index contributed by atoms with van der Waals surface area (Å²) < 4.78 is 5.62. The number of likely N-dealkylation sites (tertiary alicyclic amines) is 1. The molecule has 1 fully saturated rings. The Morgan fingerprint density at radius 1 is 1.17 bits per heavy atom. The van der Waals surface area contributed by atoms with Crippen molar-refractivity contribution in [2.45, 2.75) is 25.7 Å². The molecule has 1 saturated heterocycles. The van der Waals surface area contributed by atoms with Crippen LogP contribution in [-0.4, -0.2) is 45.5 Å². The molecule has 0 aliphatic carbocycles. The molecule has 0 saturated carbocycles. The molecule has 3 aromatic rings. The molecule has 1 N–H and O–H groups in total. The van der Waals surface area contributed by atoms with Crippen LogP contribution in [0.5, 0.6) is 5.75 Å². The van der Waals surface area contributed by atoms with Gasteiger partial charge >= 0.3 is 0 Å². The number of rotatable bonds is 6. The smallest absolute Gasteiger partial charge is 0.260 e. The van der Waals surface area contributed by atoms with Gasteiger partial charge in [0.2, 0.25) is 5.95 Å². The molecule has 3 heterocycles. The summed E-state index contributed by atoms with van der Waals surface area (Å²) in [5.41, 5.74) is 2.03. The van der Waals surface area contributed by atoms with Crippen molar-refractivity contribution >= 4 is 17.7 Å². The minimum atomic E-state index is -0.000173. The maximum absolute atomic E-state index is 12.6. The lowest BCUT2D eigenvalue weighted by Crippen LogP contribution is -2.41. The van der Waals surface area contributed by atoms with Crippen molar-refractivity contribution in [2.24, 2.45) is 0 Å². The van der Waals surface area contributed by atoms with E-state index in [2.05, 4.69) is 20.3 Å². The average molecular weight is 403 g/mol. The zero-order chi connectivity index (χ0) is 20.8. The Bertz CT molecular complexity index is 978. The van der Waals surface area contributed by atoms with E-state index in [1.807, 2.05) is 60.4 Å². The topological polar surface area (TPSA) is 80.2 Å². The standard InChI is InChI=1S/C23H25N5O2/c1-17-9-10-21(25-14-17)27-23-24-12-11-20(26-23)18-6-5-13-28(15-18)22(29)16-30-19-7-3-2-4-8-19/h2-4,7-12,14,18H,5-6,13,15-16H2,1H3,(H,24,25,26,27)/t18-/m1/s1. The first-order valence-electron chi connectivity index (χ1n) is 10.2. The van der Waals surface area contributed by atoms with Crippen molar-refractivity contribution in [1.29, 1.82) is 0 Å². The maximum atomic E-state index is 12.6. The molecule has 0 radical (unpaired) electrons. The third-order valence-electron chi connectivity index (χ3n) is 5.13. The number of amides is 1. The van der Waals surface area contributed by atoms with E-state index in [-0.39, 0.29) is 18.4 Å². The molecule has 4 rings (SSSR count). The zero-order valence-corrected chi connectivity index (χ0v) is 17.0. The van der Waals surface area contributed by atoms with Crippen LogP contribution in [0.1, 0.15) is 30.0 Å². The Morgan fingerprint density at radius 2 is 2.03 bits per heavy atom. The van der Waals surface area contributed by atoms with E-state index in [1.165, 1.54) is 0 Å². The van der Waals surface area contributed by atoms with Gasteiger partial charge in [0.1, 0.15) is 11.6 Å². The van der Waals surface area contributed by atoms with Gasteiger partial charge in [-0.2, -0.15) is 0 Å². The van der Waals surface area contributed by atoms with Crippen LogP contribution in [0.4, 0.5) is 11.8 Å². The third kappa shape index (κ3) is 5.11. The number of carbonyl (C=O) groups excluding carboxylic acids is 1. The number of aromatic nitrogens is 3. The Kier molecular flexibility index (Phi) is 6.17. The molecule has 1 aliphatic heterocycles. The fraction of sp³-hybridized carbons (Fsp3) is 0.304. The number of hydrogen-bond acceptors (Lipinski definition) is 6. The second kappa shape index (κ2) is 9.35. The quantitative estimate of drug-likeness (QED) is 0.676. The van der Waals surface area contributed by atoms with Gasteiger partial charge in [0.25, 0.3) is 5.91 Å². The summed E-state index contributed by atoms with van der Waals surface area (Å²) in [6.45, 7) is 3.43. The number of anilines is 2. The zero-order valence-electron chi connectivity index (χ0n) is 17.0. The van der Waals surface area contributed by atoms with Crippen molar-refractivity contribution in [3.8, 4) is 5.75 Å². The van der Waals surface area contributed by atoms with E-state index >= 15 is 0 Å². The molecule has 7 nitrogen and oxygen atoms in total. The predicted octanol–water partition coefficient (Wildman–Crippen LogP) is 3.71. The second-order valence-electron chi connectivity index (χ2n) is 7.43. The lowest BCUT2D eigenvalue weighted by molar-refractivity contribution is -0.134. The molecule has 0 spiro atoms. The molecule has 0 bridgehead atoms. The number of ether oxygens (including phenoxy) is 1. The third-order valence-corrected chi connectivity index (χ3v) is 5.13. The Labute approximate surface area is 176 Å². The predicted molar refractivity (Wildman–Crippen MR) is 115 cm³/mol. The molecule has 1 aromatic carbocycles. The fourth-order valence-electron chi connectivity index (χ4n) is 3.51. The van der Waals surface area contributed by atoms with Crippen molar-refractivity contribution in [3.63, 3.8) is 0 Å². The summed E-state index contributed by atoms with van der Waals surface area (Å²) in [5, 5.41) is 3.15. The molecule has 7 heteroatoms. The average Bonchev–Trinajstić information content (AvgIpc) is 2.80. The van der Waals surface area contributed by atoms with Gasteiger partial charge in [-0.3, -0.25) is 4.79 Å². The van der Waals surface area contributed by atoms with E-state index < -0.39 is 0 Å². The van der Waals surface area contributed by atoms with Gasteiger partial charge in [-0.15, -0.1) is 0 Å². The molecular formula is C23H25N5O2. The van der Waals surface area contributed by atoms with E-state index in [9.17, 15) is 4.79 Å². The number of carbonyl (C=O) groups is 1. The summed E-state index contributed by atoms with van der Waals surface area (Å²) in [6.07, 6.45) is 5.48. The Hall–Kier alpha value is -3.48. The van der Waals surface area contributed by atoms with Gasteiger partial charge in [-0.25, -0.2) is 15.0 Å². The molecular weight excluding hydrogens is 378 g/mol. The monoisotopic (exact) mass is 403 g/mol. The van der Waals surface area contributed by atoms with Crippen LogP contribution in [-0.2, 0) is 4.79 Å². The minimum absolute atomic E-state index is 0.000173. The number of hydrogen-bond donors (Lipinski definition) is 1. The summed E-state index contributed by atoms with van der Waals surface area (Å²) >= 11 is 0. The molecule has 2 aromatic heterocycles. The van der Waals surface area contributed by atoms with Crippen LogP contribution >= 0.6 is 0 Å². The number of nitrogens with zero attached hydrogens (tertiary/aromatic N) is 4. The molecule has 0 unspecified atom stereocenters. The molecule has 30 heavy (non-hydrogen) atoms. The highest BCUT2D eigenvalue weighted by atomic mass is 16.5. The maximum Gasteiger partial charge on any atom is 0.260 e. The number of para-hydroxylation sites is 1. The van der Waals surface area contributed by atoms with Gasteiger partial charge in [0.05, 0.1) is 5.69 Å². The Morgan fingerprint density at radius 3 is 2.83 bits per heavy atom. The number of nitrogens with one attached hydrogen (secondary N) is 1. The van der Waals surface area contributed by atoms with Crippen molar-refractivity contribution in [3.05, 3.63) is 72.2 Å². The first-order chi connectivity index (χ1) is 14.7. The first kappa shape index (κ1) is 19.8. The van der Waals surface area contributed by atoms with Crippen LogP contribution in [0.15, 0.2) is 60.9 Å². The summed E-state index contributed by atoms with van der Waals surface area (Å²) in [6, 6.07) is 15.2. The van der Waals surface area contributed by atoms with Gasteiger partial charge in [-0.05, 0) is 49.6 Å². The molecule has 154 valence electrons. The highest BCUT2D eigenvalue weighted by molar-refractivity contribution is 5.78. The van der Waals surface area contributed by atoms with Crippen molar-refractivity contribution in [2.75, 3.05) is 25.0 Å². The summed E-state index contributed by atoms with van der Waals surface area (Å²) in [4.78, 5) is 27.8. The number of pyridine rings is 1. The number of piperidine rings is 1. The summed E-state index contributed by atoms with van der Waals surface area (Å²) in [5.74, 6) is 2.10. The van der Waals surface area contributed by atoms with Crippen LogP contribution in [0.2, 0.25) is 0 Å². The van der Waals surface area contributed by atoms with Crippen LogP contribution in [0.3, 0.4) is 0 Å². The molecule has 1 aliphatic rings. The normalized spacial score (nSPS) is 16.2. The summed E-state index contributed by atoms with van der Waals surface area (Å²) in [7, 11) is 0. The lowest BCUT2D eigenvalue weighted by atomic mass is 9.94. The van der Waals surface area contributed by atoms with E-state index in [4.69, 9.17) is 4.74 Å². The van der Waals surface area contributed by atoms with E-state index in [0.717, 1.165) is 30.6 Å². The highest BCUT2D eigenvalue weighted by Gasteiger charge is 2.26. The van der Waals surface area contributed by atoms with Gasteiger partial charge < -0.3 is 15.0 Å². The Balaban J connectivity index is 1.38. The minimum Gasteiger partial charge on any atom is -0.484 e.